The first-order valence-electron chi connectivity index (χ1n) is 6.08. The number of hydrogen-bond donors (Lipinski definition) is 1. The number of aliphatic carboxylic acids is 1. The molecule has 1 N–H and O–H groups in total. The number of unbranched alkanes of at least 4 members (excludes halogenated alkanes) is 5. The zero-order chi connectivity index (χ0) is 10.9. The second kappa shape index (κ2) is 7.69. The van der Waals surface area contributed by atoms with Crippen LogP contribution in [0, 0.1) is 5.92 Å². The van der Waals surface area contributed by atoms with Gasteiger partial charge in [-0.05, 0) is 12.8 Å². The molecule has 1 aliphatic heterocycles. The van der Waals surface area contributed by atoms with E-state index in [1.807, 2.05) is 0 Å². The van der Waals surface area contributed by atoms with E-state index in [1.165, 1.54) is 32.1 Å². The first-order chi connectivity index (χ1) is 7.29. The van der Waals surface area contributed by atoms with Gasteiger partial charge in [-0.2, -0.15) is 0 Å². The second-order valence-electron chi connectivity index (χ2n) is 4.46. The van der Waals surface area contributed by atoms with E-state index in [2.05, 4.69) is 0 Å². The van der Waals surface area contributed by atoms with Gasteiger partial charge in [-0.3, -0.25) is 4.79 Å². The van der Waals surface area contributed by atoms with Crippen LogP contribution in [-0.2, 0) is 9.53 Å². The summed E-state index contributed by atoms with van der Waals surface area (Å²) in [4.78, 5) is 10.2. The molecular formula is C12H22O3. The van der Waals surface area contributed by atoms with Crippen molar-refractivity contribution in [3.8, 4) is 0 Å². The van der Waals surface area contributed by atoms with Crippen LogP contribution in [0.5, 0.6) is 0 Å². The monoisotopic (exact) mass is 214 g/mol. The quantitative estimate of drug-likeness (QED) is 0.600. The summed E-state index contributed by atoms with van der Waals surface area (Å²) in [5, 5.41) is 8.44. The Morgan fingerprint density at radius 3 is 2.20 bits per heavy atom. The van der Waals surface area contributed by atoms with Crippen molar-refractivity contribution in [1.82, 2.24) is 0 Å². The van der Waals surface area contributed by atoms with Crippen LogP contribution in [-0.4, -0.2) is 24.3 Å². The number of hydrogen-bond acceptors (Lipinski definition) is 2. The normalized spacial score (nSPS) is 16.3. The molecular weight excluding hydrogens is 192 g/mol. The molecule has 0 aromatic rings. The average molecular weight is 214 g/mol. The molecule has 0 aromatic carbocycles. The fraction of sp³-hybridized carbons (Fsp3) is 0.917. The minimum atomic E-state index is -0.667. The topological polar surface area (TPSA) is 46.5 Å². The van der Waals surface area contributed by atoms with Crippen molar-refractivity contribution in [3.63, 3.8) is 0 Å². The van der Waals surface area contributed by atoms with E-state index in [0.717, 1.165) is 32.0 Å². The number of carbonyl (C=O) groups is 1. The second-order valence-corrected chi connectivity index (χ2v) is 4.46. The molecule has 0 unspecified atom stereocenters. The lowest BCUT2D eigenvalue weighted by molar-refractivity contribution is -0.137. The minimum Gasteiger partial charge on any atom is -0.481 e. The van der Waals surface area contributed by atoms with E-state index in [-0.39, 0.29) is 0 Å². The Hall–Kier alpha value is -0.570. The van der Waals surface area contributed by atoms with E-state index in [4.69, 9.17) is 9.84 Å². The van der Waals surface area contributed by atoms with E-state index >= 15 is 0 Å². The van der Waals surface area contributed by atoms with Crippen LogP contribution in [0.15, 0.2) is 0 Å². The Bertz CT molecular complexity index is 176. The van der Waals surface area contributed by atoms with Crippen LogP contribution in [0.1, 0.15) is 51.4 Å². The van der Waals surface area contributed by atoms with Gasteiger partial charge in [0.15, 0.2) is 0 Å². The average Bonchev–Trinajstić information content (AvgIpc) is 2.12. The van der Waals surface area contributed by atoms with Crippen LogP contribution in [0.3, 0.4) is 0 Å². The summed E-state index contributed by atoms with van der Waals surface area (Å²) in [7, 11) is 0. The molecule has 88 valence electrons. The van der Waals surface area contributed by atoms with Crippen molar-refractivity contribution in [2.45, 2.75) is 51.4 Å². The maximum absolute atomic E-state index is 10.2. The highest BCUT2D eigenvalue weighted by Gasteiger charge is 2.16. The lowest BCUT2D eigenvalue weighted by Gasteiger charge is -2.25. The molecule has 0 aromatic heterocycles. The Morgan fingerprint density at radius 1 is 1.07 bits per heavy atom. The van der Waals surface area contributed by atoms with E-state index in [0.29, 0.717) is 6.42 Å². The summed E-state index contributed by atoms with van der Waals surface area (Å²) in [6, 6.07) is 0. The molecule has 15 heavy (non-hydrogen) atoms. The molecule has 1 fully saturated rings. The molecule has 0 spiro atoms. The first-order valence-corrected chi connectivity index (χ1v) is 6.08. The van der Waals surface area contributed by atoms with Crippen molar-refractivity contribution in [2.24, 2.45) is 5.92 Å². The zero-order valence-electron chi connectivity index (χ0n) is 9.41. The molecule has 1 heterocycles. The van der Waals surface area contributed by atoms with Crippen LogP contribution in [0.25, 0.3) is 0 Å². The lowest BCUT2D eigenvalue weighted by atomic mass is 9.99. The van der Waals surface area contributed by atoms with Gasteiger partial charge in [0.05, 0.1) is 13.2 Å². The third-order valence-corrected chi connectivity index (χ3v) is 2.96. The van der Waals surface area contributed by atoms with Crippen molar-refractivity contribution in [1.29, 1.82) is 0 Å². The number of carboxylic acid groups (broad SMARTS) is 1. The van der Waals surface area contributed by atoms with Gasteiger partial charge in [-0.15, -0.1) is 0 Å². The van der Waals surface area contributed by atoms with Crippen molar-refractivity contribution >= 4 is 5.97 Å². The smallest absolute Gasteiger partial charge is 0.303 e. The Labute approximate surface area is 91.8 Å². The van der Waals surface area contributed by atoms with Gasteiger partial charge in [0, 0.05) is 12.3 Å². The van der Waals surface area contributed by atoms with Crippen LogP contribution in [0.2, 0.25) is 0 Å². The molecule has 0 aliphatic carbocycles. The molecule has 3 heteroatoms. The predicted octanol–water partition coefficient (Wildman–Crippen LogP) is 2.84. The van der Waals surface area contributed by atoms with Gasteiger partial charge in [0.2, 0.25) is 0 Å². The van der Waals surface area contributed by atoms with Gasteiger partial charge in [-0.25, -0.2) is 0 Å². The predicted molar refractivity (Wildman–Crippen MR) is 58.9 cm³/mol. The highest BCUT2D eigenvalue weighted by molar-refractivity contribution is 5.66. The molecule has 1 aliphatic rings. The lowest BCUT2D eigenvalue weighted by Crippen LogP contribution is -2.27. The van der Waals surface area contributed by atoms with E-state index in [1.54, 1.807) is 0 Å². The summed E-state index contributed by atoms with van der Waals surface area (Å²) in [6.45, 7) is 1.94. The molecule has 0 saturated carbocycles. The van der Waals surface area contributed by atoms with Crippen molar-refractivity contribution in [2.75, 3.05) is 13.2 Å². The summed E-state index contributed by atoms with van der Waals surface area (Å²) in [5.74, 6) is 0.164. The summed E-state index contributed by atoms with van der Waals surface area (Å²) >= 11 is 0. The number of rotatable bonds is 9. The van der Waals surface area contributed by atoms with Gasteiger partial charge >= 0.3 is 5.97 Å². The molecule has 1 saturated heterocycles. The number of carboxylic acids is 1. The standard InChI is InChI=1S/C12H22O3/c13-12(14)8-6-4-2-1-3-5-7-11-9-15-10-11/h11H,1-10H2,(H,13,14). The maximum Gasteiger partial charge on any atom is 0.303 e. The molecule has 1 rings (SSSR count). The minimum absolute atomic E-state index is 0.333. The van der Waals surface area contributed by atoms with Gasteiger partial charge in [0.1, 0.15) is 0 Å². The Kier molecular flexibility index (Phi) is 6.41. The summed E-state index contributed by atoms with van der Waals surface area (Å²) in [6.07, 6.45) is 8.61. The molecule has 0 atom stereocenters. The molecule has 3 nitrogen and oxygen atoms in total. The maximum atomic E-state index is 10.2. The van der Waals surface area contributed by atoms with E-state index in [9.17, 15) is 4.79 Å². The summed E-state index contributed by atoms with van der Waals surface area (Å²) in [5.41, 5.74) is 0. The Morgan fingerprint density at radius 2 is 1.67 bits per heavy atom. The van der Waals surface area contributed by atoms with Gasteiger partial charge < -0.3 is 9.84 Å². The SMILES string of the molecule is O=C(O)CCCCCCCCC1COC1. The van der Waals surface area contributed by atoms with Crippen molar-refractivity contribution in [3.05, 3.63) is 0 Å². The largest absolute Gasteiger partial charge is 0.481 e. The third-order valence-electron chi connectivity index (χ3n) is 2.96. The third kappa shape index (κ3) is 6.50. The van der Waals surface area contributed by atoms with Crippen LogP contribution < -0.4 is 0 Å². The van der Waals surface area contributed by atoms with Crippen LogP contribution in [0.4, 0.5) is 0 Å². The summed E-state index contributed by atoms with van der Waals surface area (Å²) < 4.78 is 5.11. The molecule has 0 bridgehead atoms. The highest BCUT2D eigenvalue weighted by Crippen LogP contribution is 2.18. The van der Waals surface area contributed by atoms with Gasteiger partial charge in [0.25, 0.3) is 0 Å². The first kappa shape index (κ1) is 12.5. The van der Waals surface area contributed by atoms with E-state index < -0.39 is 5.97 Å². The number of ether oxygens (including phenoxy) is 1. The fourth-order valence-corrected chi connectivity index (χ4v) is 1.87. The highest BCUT2D eigenvalue weighted by atomic mass is 16.5. The Balaban J connectivity index is 1.71. The van der Waals surface area contributed by atoms with Crippen LogP contribution >= 0.6 is 0 Å². The van der Waals surface area contributed by atoms with Crippen molar-refractivity contribution < 1.29 is 14.6 Å². The van der Waals surface area contributed by atoms with Gasteiger partial charge in [-0.1, -0.05) is 32.1 Å². The fourth-order valence-electron chi connectivity index (χ4n) is 1.87. The molecule has 0 amide bonds. The zero-order valence-corrected chi connectivity index (χ0v) is 9.41. The molecule has 0 radical (unpaired) electrons.